The van der Waals surface area contributed by atoms with Gasteiger partial charge >= 0.3 is 6.18 Å². The molecule has 0 amide bonds. The van der Waals surface area contributed by atoms with Crippen LogP contribution in [0.3, 0.4) is 0 Å². The summed E-state index contributed by atoms with van der Waals surface area (Å²) < 4.78 is 38.1. The molecular weight excluding hydrogens is 257 g/mol. The molecule has 19 heavy (non-hydrogen) atoms. The van der Waals surface area contributed by atoms with Gasteiger partial charge in [0.1, 0.15) is 6.33 Å². The fourth-order valence-electron chi connectivity index (χ4n) is 2.84. The first-order chi connectivity index (χ1) is 8.97. The van der Waals surface area contributed by atoms with Crippen LogP contribution in [-0.2, 0) is 12.7 Å². The fourth-order valence-corrected chi connectivity index (χ4v) is 2.84. The van der Waals surface area contributed by atoms with E-state index in [2.05, 4.69) is 15.4 Å². The van der Waals surface area contributed by atoms with E-state index in [4.69, 9.17) is 0 Å². The van der Waals surface area contributed by atoms with Crippen molar-refractivity contribution in [1.29, 1.82) is 0 Å². The molecular formula is C12H19F3N4. The van der Waals surface area contributed by atoms with Crippen LogP contribution in [0.25, 0.3) is 0 Å². The monoisotopic (exact) mass is 276 g/mol. The summed E-state index contributed by atoms with van der Waals surface area (Å²) in [6, 6.07) is 0. The van der Waals surface area contributed by atoms with Crippen molar-refractivity contribution in [2.45, 2.75) is 39.4 Å². The SMILES string of the molecule is CC.FC(F)(F)c1ncn(CC2CC3(CNC3)C2)n1. The van der Waals surface area contributed by atoms with Crippen LogP contribution in [0.2, 0.25) is 0 Å². The van der Waals surface area contributed by atoms with E-state index in [-0.39, 0.29) is 0 Å². The molecule has 1 aromatic rings. The Morgan fingerprint density at radius 2 is 2.00 bits per heavy atom. The molecule has 0 atom stereocenters. The van der Waals surface area contributed by atoms with Crippen molar-refractivity contribution in [3.63, 3.8) is 0 Å². The van der Waals surface area contributed by atoms with Crippen LogP contribution in [0, 0.1) is 11.3 Å². The summed E-state index contributed by atoms with van der Waals surface area (Å²) in [6.07, 6.45) is -1.10. The molecule has 3 rings (SSSR count). The van der Waals surface area contributed by atoms with E-state index in [1.807, 2.05) is 13.8 Å². The summed E-state index contributed by atoms with van der Waals surface area (Å²) in [6.45, 7) is 6.65. The average Bonchev–Trinajstić information content (AvgIpc) is 2.71. The van der Waals surface area contributed by atoms with E-state index in [1.165, 1.54) is 11.0 Å². The quantitative estimate of drug-likeness (QED) is 0.901. The molecule has 1 saturated carbocycles. The van der Waals surface area contributed by atoms with E-state index >= 15 is 0 Å². The number of aromatic nitrogens is 3. The maximum absolute atomic E-state index is 12.3. The van der Waals surface area contributed by atoms with Gasteiger partial charge < -0.3 is 5.32 Å². The number of nitrogens with zero attached hydrogens (tertiary/aromatic N) is 3. The van der Waals surface area contributed by atoms with Crippen LogP contribution >= 0.6 is 0 Å². The normalized spacial score (nSPS) is 21.3. The zero-order chi connectivity index (χ0) is 14.1. The van der Waals surface area contributed by atoms with Crippen molar-refractivity contribution < 1.29 is 13.2 Å². The van der Waals surface area contributed by atoms with Gasteiger partial charge in [-0.25, -0.2) is 4.98 Å². The lowest BCUT2D eigenvalue weighted by Gasteiger charge is -2.54. The maximum atomic E-state index is 12.3. The van der Waals surface area contributed by atoms with Gasteiger partial charge in [-0.05, 0) is 24.2 Å². The van der Waals surface area contributed by atoms with Crippen LogP contribution in [0.5, 0.6) is 0 Å². The van der Waals surface area contributed by atoms with Gasteiger partial charge in [-0.2, -0.15) is 13.2 Å². The van der Waals surface area contributed by atoms with E-state index in [0.29, 0.717) is 17.9 Å². The molecule has 1 aromatic heterocycles. The van der Waals surface area contributed by atoms with Gasteiger partial charge in [0.25, 0.3) is 5.82 Å². The third-order valence-electron chi connectivity index (χ3n) is 3.68. The van der Waals surface area contributed by atoms with Gasteiger partial charge in [-0.1, -0.05) is 13.8 Å². The van der Waals surface area contributed by atoms with Gasteiger partial charge in [0, 0.05) is 19.6 Å². The molecule has 2 fully saturated rings. The molecule has 2 heterocycles. The molecule has 0 aromatic carbocycles. The number of hydrogen-bond acceptors (Lipinski definition) is 3. The Hall–Kier alpha value is -1.11. The minimum Gasteiger partial charge on any atom is -0.316 e. The van der Waals surface area contributed by atoms with Crippen molar-refractivity contribution >= 4 is 0 Å². The van der Waals surface area contributed by atoms with Crippen molar-refractivity contribution in [1.82, 2.24) is 20.1 Å². The molecule has 1 aliphatic heterocycles. The summed E-state index contributed by atoms with van der Waals surface area (Å²) in [5.41, 5.74) is 0.443. The summed E-state index contributed by atoms with van der Waals surface area (Å²) in [4.78, 5) is 3.28. The number of nitrogens with one attached hydrogen (secondary N) is 1. The van der Waals surface area contributed by atoms with Crippen LogP contribution in [0.1, 0.15) is 32.5 Å². The van der Waals surface area contributed by atoms with Crippen molar-refractivity contribution in [3.05, 3.63) is 12.2 Å². The minimum atomic E-state index is -4.44. The second kappa shape index (κ2) is 5.11. The average molecular weight is 276 g/mol. The Balaban J connectivity index is 0.000000637. The summed E-state index contributed by atoms with van der Waals surface area (Å²) in [5.74, 6) is -0.600. The van der Waals surface area contributed by atoms with Crippen LogP contribution < -0.4 is 5.32 Å². The highest BCUT2D eigenvalue weighted by atomic mass is 19.4. The van der Waals surface area contributed by atoms with Crippen LogP contribution in [-0.4, -0.2) is 27.9 Å². The molecule has 1 saturated heterocycles. The topological polar surface area (TPSA) is 42.7 Å². The molecule has 7 heteroatoms. The smallest absolute Gasteiger partial charge is 0.316 e. The Bertz CT molecular complexity index is 415. The van der Waals surface area contributed by atoms with E-state index < -0.39 is 12.0 Å². The molecule has 0 unspecified atom stereocenters. The maximum Gasteiger partial charge on any atom is 0.453 e. The summed E-state index contributed by atoms with van der Waals surface area (Å²) >= 11 is 0. The van der Waals surface area contributed by atoms with Crippen molar-refractivity contribution in [2.24, 2.45) is 11.3 Å². The van der Waals surface area contributed by atoms with E-state index in [0.717, 1.165) is 25.9 Å². The lowest BCUT2D eigenvalue weighted by molar-refractivity contribution is -0.145. The molecule has 2 aliphatic rings. The van der Waals surface area contributed by atoms with E-state index in [9.17, 15) is 13.2 Å². The molecule has 0 radical (unpaired) electrons. The Morgan fingerprint density at radius 1 is 1.37 bits per heavy atom. The Kier molecular flexibility index (Phi) is 3.85. The first-order valence-corrected chi connectivity index (χ1v) is 6.64. The third-order valence-corrected chi connectivity index (χ3v) is 3.68. The summed E-state index contributed by atoms with van der Waals surface area (Å²) in [7, 11) is 0. The zero-order valence-electron chi connectivity index (χ0n) is 11.2. The number of alkyl halides is 3. The number of halogens is 3. The van der Waals surface area contributed by atoms with Gasteiger partial charge in [-0.15, -0.1) is 5.10 Å². The molecule has 1 N–H and O–H groups in total. The lowest BCUT2D eigenvalue weighted by Crippen LogP contribution is -2.60. The second-order valence-corrected chi connectivity index (χ2v) is 5.17. The fraction of sp³-hybridized carbons (Fsp3) is 0.833. The van der Waals surface area contributed by atoms with E-state index in [1.54, 1.807) is 0 Å². The molecule has 1 spiro atoms. The van der Waals surface area contributed by atoms with Crippen molar-refractivity contribution in [3.8, 4) is 0 Å². The predicted molar refractivity (Wildman–Crippen MR) is 64.4 cm³/mol. The van der Waals surface area contributed by atoms with Gasteiger partial charge in [0.15, 0.2) is 0 Å². The minimum absolute atomic E-state index is 0.443. The van der Waals surface area contributed by atoms with Crippen molar-refractivity contribution in [2.75, 3.05) is 13.1 Å². The first-order valence-electron chi connectivity index (χ1n) is 6.64. The largest absolute Gasteiger partial charge is 0.453 e. The molecule has 108 valence electrons. The third kappa shape index (κ3) is 2.91. The highest BCUT2D eigenvalue weighted by Gasteiger charge is 2.48. The molecule has 0 bridgehead atoms. The number of rotatable bonds is 2. The molecule has 4 nitrogen and oxygen atoms in total. The second-order valence-electron chi connectivity index (χ2n) is 5.17. The van der Waals surface area contributed by atoms with Gasteiger partial charge in [0.05, 0.1) is 0 Å². The van der Waals surface area contributed by atoms with Gasteiger partial charge in [-0.3, -0.25) is 4.68 Å². The lowest BCUT2D eigenvalue weighted by atomic mass is 9.58. The zero-order valence-corrected chi connectivity index (χ0v) is 11.2. The summed E-state index contributed by atoms with van der Waals surface area (Å²) in [5, 5.41) is 6.69. The Morgan fingerprint density at radius 3 is 2.42 bits per heavy atom. The first kappa shape index (κ1) is 14.3. The predicted octanol–water partition coefficient (Wildman–Crippen LogP) is 2.32. The highest BCUT2D eigenvalue weighted by Crippen LogP contribution is 2.48. The number of hydrogen-bond donors (Lipinski definition) is 1. The molecule has 1 aliphatic carbocycles. The highest BCUT2D eigenvalue weighted by molar-refractivity contribution is 5.02. The van der Waals surface area contributed by atoms with Gasteiger partial charge in [0.2, 0.25) is 0 Å². The van der Waals surface area contributed by atoms with Crippen LogP contribution in [0.4, 0.5) is 13.2 Å². The Labute approximate surface area is 110 Å². The van der Waals surface area contributed by atoms with Crippen LogP contribution in [0.15, 0.2) is 6.33 Å². The standard InChI is InChI=1S/C10H13F3N4.C2H6/c11-10(12,13)8-15-6-17(16-8)3-7-1-9(2-7)4-14-5-9;1-2/h6-7,14H,1-5H2;1-2H3.